The first kappa shape index (κ1) is 47.7. The number of nitrogens with zero attached hydrogens (tertiary/aromatic N) is 2. The first-order valence-corrected chi connectivity index (χ1v) is 19.6. The average molecular weight is 1050 g/mol. The molecule has 0 saturated heterocycles. The molecule has 0 saturated carbocycles. The maximum Gasteiger partial charge on any atom is 0.381 e. The largest absolute Gasteiger partial charge is 0.381 e. The Morgan fingerprint density at radius 2 is 0.532 bits per heavy atom. The summed E-state index contributed by atoms with van der Waals surface area (Å²) in [6, 6.07) is 12.7. The van der Waals surface area contributed by atoms with Gasteiger partial charge in [0.05, 0.1) is 25.0 Å². The van der Waals surface area contributed by atoms with Crippen LogP contribution in [0.5, 0.6) is 0 Å². The molecule has 0 aliphatic heterocycles. The number of thiophene rings is 2. The Labute approximate surface area is 350 Å². The molecule has 62 heavy (non-hydrogen) atoms. The molecule has 0 unspecified atom stereocenters. The molecule has 0 radical (unpaired) electrons. The summed E-state index contributed by atoms with van der Waals surface area (Å²) < 4.78 is 297. The highest BCUT2D eigenvalue weighted by Crippen LogP contribution is 2.31. The third-order valence-corrected chi connectivity index (χ3v) is 14.5. The number of nitriles is 2. The second-order valence-electron chi connectivity index (χ2n) is 12.0. The van der Waals surface area contributed by atoms with Gasteiger partial charge in [0, 0.05) is 21.9 Å². The summed E-state index contributed by atoms with van der Waals surface area (Å²) in [7, 11) is 0. The molecule has 2 heterocycles. The van der Waals surface area contributed by atoms with Crippen LogP contribution < -0.4 is 43.1 Å². The van der Waals surface area contributed by atoms with Crippen LogP contribution in [-0.2, 0) is 12.8 Å². The fraction of sp³-hybridized carbons (Fsp3) is 0.0556. The van der Waals surface area contributed by atoms with Gasteiger partial charge in [-0.05, 0) is 12.1 Å². The van der Waals surface area contributed by atoms with Gasteiger partial charge in [-0.25, -0.2) is 87.8 Å². The van der Waals surface area contributed by atoms with E-state index in [1.165, 1.54) is 5.77 Å². The van der Waals surface area contributed by atoms with E-state index in [2.05, 4.69) is 24.3 Å². The third kappa shape index (κ3) is 7.73. The molecule has 0 aliphatic rings. The highest BCUT2D eigenvalue weighted by Gasteiger charge is 2.52. The summed E-state index contributed by atoms with van der Waals surface area (Å²) in [5, 5.41) is 17.2. The average Bonchev–Trinajstić information content (AvgIpc) is 3.89. The highest BCUT2D eigenvalue weighted by molar-refractivity contribution is 7.20. The standard InChI is InChI=1S/C24BF20.C12H8IN2S2/c26-5-1(6(27)14(35)21(42)13(5)34)25(2-7(28)15(36)22(43)16(37)8(2)29,3-9(30)17(38)23(44)18(39)10(3)31)4-11(32)19(40)24(45)20(41)12(4)33;14-7-5-9-1-3-11(16-9)13-12-4-2-10(17-12)6-8-15/h;1-4H,5-6H2/q-1;+1. The molecule has 0 N–H and O–H groups in total. The lowest BCUT2D eigenvalue weighted by molar-refractivity contribution is -0.585. The Morgan fingerprint density at radius 1 is 0.339 bits per heavy atom. The van der Waals surface area contributed by atoms with E-state index in [0.717, 1.165) is 9.75 Å². The zero-order valence-electron chi connectivity index (χ0n) is 28.9. The topological polar surface area (TPSA) is 47.6 Å². The Bertz CT molecular complexity index is 2450. The van der Waals surface area contributed by atoms with Crippen molar-refractivity contribution in [2.75, 3.05) is 0 Å². The zero-order chi connectivity index (χ0) is 46.4. The van der Waals surface area contributed by atoms with E-state index in [9.17, 15) is 52.7 Å². The lowest BCUT2D eigenvalue weighted by Crippen LogP contribution is -3.61. The predicted molar refractivity (Wildman–Crippen MR) is 174 cm³/mol. The minimum absolute atomic E-state index is 0.134. The van der Waals surface area contributed by atoms with Gasteiger partial charge in [-0.15, -0.1) is 21.9 Å². The van der Waals surface area contributed by atoms with E-state index in [-0.39, 0.29) is 21.2 Å². The van der Waals surface area contributed by atoms with E-state index >= 15 is 35.1 Å². The van der Waals surface area contributed by atoms with Crippen molar-refractivity contribution >= 4 is 50.7 Å². The Balaban J connectivity index is 0.000000355. The second kappa shape index (κ2) is 18.2. The summed E-state index contributed by atoms with van der Waals surface area (Å²) in [4.78, 5) is 2.30. The van der Waals surface area contributed by atoms with Crippen molar-refractivity contribution in [1.29, 1.82) is 10.5 Å². The van der Waals surface area contributed by atoms with Crippen molar-refractivity contribution in [3.63, 3.8) is 0 Å². The highest BCUT2D eigenvalue weighted by atomic mass is 127. The van der Waals surface area contributed by atoms with Gasteiger partial charge < -0.3 is 0 Å². The third-order valence-electron chi connectivity index (χ3n) is 8.66. The van der Waals surface area contributed by atoms with Crippen molar-refractivity contribution in [1.82, 2.24) is 0 Å². The van der Waals surface area contributed by atoms with E-state index < -0.39 is 144 Å². The van der Waals surface area contributed by atoms with Gasteiger partial charge in [0.2, 0.25) is 5.77 Å². The van der Waals surface area contributed by atoms with Crippen molar-refractivity contribution < 1.29 is 109 Å². The summed E-state index contributed by atoms with van der Waals surface area (Å²) >= 11 is 3.35. The van der Waals surface area contributed by atoms with Crippen LogP contribution in [-0.4, -0.2) is 6.15 Å². The van der Waals surface area contributed by atoms with Crippen LogP contribution in [0.15, 0.2) is 24.3 Å². The first-order chi connectivity index (χ1) is 29.0. The van der Waals surface area contributed by atoms with Crippen LogP contribution in [0.2, 0.25) is 0 Å². The normalized spacial score (nSPS) is 11.4. The summed E-state index contributed by atoms with van der Waals surface area (Å²) in [5.41, 5.74) is -14.3. The zero-order valence-corrected chi connectivity index (χ0v) is 32.7. The minimum atomic E-state index is -7.22. The first-order valence-electron chi connectivity index (χ1n) is 15.8. The van der Waals surface area contributed by atoms with Crippen LogP contribution in [0, 0.1) is 145 Å². The van der Waals surface area contributed by atoms with Gasteiger partial charge in [0.15, 0.2) is 69.8 Å². The second-order valence-corrected chi connectivity index (χ2v) is 18.6. The van der Waals surface area contributed by atoms with Crippen molar-refractivity contribution in [2.24, 2.45) is 0 Å². The van der Waals surface area contributed by atoms with E-state index in [4.69, 9.17) is 10.5 Å². The molecular formula is C36H8BF20IN2S2. The van der Waals surface area contributed by atoms with Gasteiger partial charge in [0.25, 0.3) is 0 Å². The van der Waals surface area contributed by atoms with Gasteiger partial charge in [-0.2, -0.15) is 10.5 Å². The van der Waals surface area contributed by atoms with Gasteiger partial charge in [-0.3, -0.25) is 0 Å². The summed E-state index contributed by atoms with van der Waals surface area (Å²) in [5.74, 6) is -71.4. The molecule has 6 aromatic rings. The van der Waals surface area contributed by atoms with E-state index in [1.54, 1.807) is 22.7 Å². The number of hydrogen-bond donors (Lipinski definition) is 0. The van der Waals surface area contributed by atoms with Gasteiger partial charge >= 0.3 is 21.2 Å². The lowest BCUT2D eigenvalue weighted by Gasteiger charge is -2.44. The Hall–Kier alpha value is -5.35. The quantitative estimate of drug-likeness (QED) is 0.0627. The maximum absolute atomic E-state index is 15.4. The van der Waals surface area contributed by atoms with Crippen LogP contribution >= 0.6 is 22.7 Å². The Kier molecular flexibility index (Phi) is 14.0. The fourth-order valence-electron chi connectivity index (χ4n) is 6.12. The monoisotopic (exact) mass is 1050 g/mol. The van der Waals surface area contributed by atoms with Crippen LogP contribution in [0.1, 0.15) is 9.75 Å². The molecule has 0 bridgehead atoms. The number of benzene rings is 4. The van der Waals surface area contributed by atoms with E-state index in [1.807, 2.05) is 12.1 Å². The molecule has 0 spiro atoms. The molecule has 0 amide bonds. The lowest BCUT2D eigenvalue weighted by atomic mass is 9.12. The fourth-order valence-corrected chi connectivity index (χ4v) is 12.6. The number of rotatable bonds is 8. The molecule has 4 aromatic carbocycles. The molecule has 0 atom stereocenters. The predicted octanol–water partition coefficient (Wildman–Crippen LogP) is 5.92. The minimum Gasteiger partial charge on any atom is -0.207 e. The molecule has 6 rings (SSSR count). The van der Waals surface area contributed by atoms with Crippen LogP contribution in [0.4, 0.5) is 87.8 Å². The molecule has 324 valence electrons. The van der Waals surface area contributed by atoms with Crippen LogP contribution in [0.3, 0.4) is 0 Å². The number of hydrogen-bond acceptors (Lipinski definition) is 4. The molecule has 0 fully saturated rings. The summed E-state index contributed by atoms with van der Waals surface area (Å²) in [6.07, 6.45) is -6.19. The smallest absolute Gasteiger partial charge is 0.207 e. The van der Waals surface area contributed by atoms with Crippen molar-refractivity contribution in [3.05, 3.63) is 156 Å². The summed E-state index contributed by atoms with van der Waals surface area (Å²) in [6.45, 7) is 0. The SMILES string of the molecule is Fc1c(F)c(F)c([B-](c2c(F)c(F)c(F)c(F)c2F)(c2c(F)c(F)c(F)c(F)c2F)c2c(F)c(F)c(F)c(F)c2F)c(F)c1F.N#CCc1ccc([I+]c2ccc(CC#N)s2)s1. The van der Waals surface area contributed by atoms with Crippen LogP contribution in [0.25, 0.3) is 0 Å². The molecule has 26 heteroatoms. The molecule has 2 nitrogen and oxygen atoms in total. The van der Waals surface area contributed by atoms with Gasteiger partial charge in [-0.1, -0.05) is 22.7 Å². The maximum atomic E-state index is 15.4. The number of halogens is 21. The molecule has 0 aliphatic carbocycles. The van der Waals surface area contributed by atoms with Crippen molar-refractivity contribution in [2.45, 2.75) is 12.8 Å². The van der Waals surface area contributed by atoms with Crippen molar-refractivity contribution in [3.8, 4) is 12.1 Å². The molecular weight excluding hydrogens is 1040 g/mol. The van der Waals surface area contributed by atoms with E-state index in [0.29, 0.717) is 12.8 Å². The Morgan fingerprint density at radius 3 is 0.726 bits per heavy atom. The van der Waals surface area contributed by atoms with Gasteiger partial charge in [0.1, 0.15) is 52.7 Å². The molecule has 2 aromatic heterocycles.